The standard InChI is InChI=1S/C11H14N6S/c1-6-5-18-8(13-6)4-17-10-9(14-11(17)12)7(2)15-16(10)3/h5H,4H2,1-3H3,(H2,12,14). The molecule has 7 heteroatoms. The normalized spacial score (nSPS) is 11.5. The minimum atomic E-state index is 0.508. The van der Waals surface area contributed by atoms with Crippen molar-refractivity contribution in [3.05, 3.63) is 21.8 Å². The van der Waals surface area contributed by atoms with Crippen LogP contribution in [-0.2, 0) is 13.6 Å². The molecular formula is C11H14N6S. The number of hydrogen-bond donors (Lipinski definition) is 1. The third-order valence-electron chi connectivity index (χ3n) is 2.88. The van der Waals surface area contributed by atoms with Gasteiger partial charge in [0.2, 0.25) is 5.95 Å². The molecular weight excluding hydrogens is 248 g/mol. The van der Waals surface area contributed by atoms with Gasteiger partial charge in [-0.05, 0) is 13.8 Å². The molecule has 94 valence electrons. The van der Waals surface area contributed by atoms with E-state index in [9.17, 15) is 0 Å². The predicted octanol–water partition coefficient (Wildman–Crippen LogP) is 1.47. The van der Waals surface area contributed by atoms with Gasteiger partial charge in [0.15, 0.2) is 5.65 Å². The maximum Gasteiger partial charge on any atom is 0.202 e. The molecule has 0 aromatic carbocycles. The Balaban J connectivity index is 2.13. The Bertz CT molecular complexity index is 719. The zero-order valence-electron chi connectivity index (χ0n) is 10.5. The number of hydrogen-bond acceptors (Lipinski definition) is 5. The van der Waals surface area contributed by atoms with E-state index in [1.54, 1.807) is 11.3 Å². The topological polar surface area (TPSA) is 74.6 Å². The van der Waals surface area contributed by atoms with Crippen LogP contribution in [0.5, 0.6) is 0 Å². The van der Waals surface area contributed by atoms with Crippen LogP contribution in [0.4, 0.5) is 5.95 Å². The van der Waals surface area contributed by atoms with Gasteiger partial charge in [-0.15, -0.1) is 11.3 Å². The Morgan fingerprint density at radius 3 is 2.78 bits per heavy atom. The van der Waals surface area contributed by atoms with E-state index >= 15 is 0 Å². The van der Waals surface area contributed by atoms with E-state index in [2.05, 4.69) is 15.1 Å². The molecule has 18 heavy (non-hydrogen) atoms. The van der Waals surface area contributed by atoms with Gasteiger partial charge in [-0.3, -0.25) is 9.25 Å². The lowest BCUT2D eigenvalue weighted by molar-refractivity contribution is 0.723. The summed E-state index contributed by atoms with van der Waals surface area (Å²) < 4.78 is 3.77. The molecule has 0 atom stereocenters. The van der Waals surface area contributed by atoms with Crippen molar-refractivity contribution in [3.63, 3.8) is 0 Å². The number of aryl methyl sites for hydroxylation is 3. The maximum atomic E-state index is 5.98. The van der Waals surface area contributed by atoms with Crippen molar-refractivity contribution in [1.82, 2.24) is 24.3 Å². The van der Waals surface area contributed by atoms with Crippen molar-refractivity contribution < 1.29 is 0 Å². The third kappa shape index (κ3) is 1.59. The monoisotopic (exact) mass is 262 g/mol. The van der Waals surface area contributed by atoms with Crippen molar-refractivity contribution in [2.75, 3.05) is 5.73 Å². The first-order valence-corrected chi connectivity index (χ1v) is 6.50. The number of nitrogens with zero attached hydrogens (tertiary/aromatic N) is 5. The summed E-state index contributed by atoms with van der Waals surface area (Å²) in [6.45, 7) is 4.56. The lowest BCUT2D eigenvalue weighted by Crippen LogP contribution is -2.07. The van der Waals surface area contributed by atoms with Gasteiger partial charge in [0.05, 0.1) is 12.2 Å². The van der Waals surface area contributed by atoms with E-state index in [4.69, 9.17) is 5.73 Å². The predicted molar refractivity (Wildman–Crippen MR) is 71.6 cm³/mol. The molecule has 0 saturated heterocycles. The fourth-order valence-corrected chi connectivity index (χ4v) is 2.88. The van der Waals surface area contributed by atoms with Crippen molar-refractivity contribution >= 4 is 28.4 Å². The highest BCUT2D eigenvalue weighted by Gasteiger charge is 2.16. The van der Waals surface area contributed by atoms with Gasteiger partial charge in [0.25, 0.3) is 0 Å². The fraction of sp³-hybridized carbons (Fsp3) is 0.364. The minimum Gasteiger partial charge on any atom is -0.369 e. The molecule has 0 aliphatic carbocycles. The lowest BCUT2D eigenvalue weighted by atomic mass is 10.4. The third-order valence-corrected chi connectivity index (χ3v) is 3.83. The number of nitrogen functional groups attached to an aromatic ring is 1. The zero-order chi connectivity index (χ0) is 12.9. The average molecular weight is 262 g/mol. The van der Waals surface area contributed by atoms with E-state index < -0.39 is 0 Å². The van der Waals surface area contributed by atoms with Gasteiger partial charge >= 0.3 is 0 Å². The van der Waals surface area contributed by atoms with Gasteiger partial charge in [0.1, 0.15) is 10.5 Å². The highest BCUT2D eigenvalue weighted by Crippen LogP contribution is 2.22. The van der Waals surface area contributed by atoms with Crippen LogP contribution >= 0.6 is 11.3 Å². The molecule has 0 radical (unpaired) electrons. The second kappa shape index (κ2) is 3.81. The highest BCUT2D eigenvalue weighted by atomic mass is 32.1. The summed E-state index contributed by atoms with van der Waals surface area (Å²) in [5.74, 6) is 0.508. The summed E-state index contributed by atoms with van der Waals surface area (Å²) in [7, 11) is 1.90. The summed E-state index contributed by atoms with van der Waals surface area (Å²) >= 11 is 1.63. The largest absolute Gasteiger partial charge is 0.369 e. The summed E-state index contributed by atoms with van der Waals surface area (Å²) in [5, 5.41) is 7.42. The Morgan fingerprint density at radius 2 is 2.11 bits per heavy atom. The smallest absolute Gasteiger partial charge is 0.202 e. The van der Waals surface area contributed by atoms with Gasteiger partial charge < -0.3 is 5.73 Å². The molecule has 0 unspecified atom stereocenters. The highest BCUT2D eigenvalue weighted by molar-refractivity contribution is 7.09. The molecule has 3 heterocycles. The second-order valence-electron chi connectivity index (χ2n) is 4.32. The minimum absolute atomic E-state index is 0.508. The Kier molecular flexibility index (Phi) is 2.37. The van der Waals surface area contributed by atoms with Crippen LogP contribution < -0.4 is 5.73 Å². The van der Waals surface area contributed by atoms with E-state index in [-0.39, 0.29) is 0 Å². The Morgan fingerprint density at radius 1 is 1.33 bits per heavy atom. The van der Waals surface area contributed by atoms with E-state index in [1.165, 1.54) is 0 Å². The van der Waals surface area contributed by atoms with Gasteiger partial charge in [-0.1, -0.05) is 0 Å². The van der Waals surface area contributed by atoms with Crippen LogP contribution in [0.1, 0.15) is 16.4 Å². The Hall–Kier alpha value is -1.89. The van der Waals surface area contributed by atoms with Crippen LogP contribution in [-0.4, -0.2) is 24.3 Å². The number of thiazole rings is 1. The number of anilines is 1. The number of fused-ring (bicyclic) bond motifs is 1. The van der Waals surface area contributed by atoms with E-state index in [0.717, 1.165) is 27.6 Å². The van der Waals surface area contributed by atoms with Crippen LogP contribution in [0.3, 0.4) is 0 Å². The maximum absolute atomic E-state index is 5.98. The summed E-state index contributed by atoms with van der Waals surface area (Å²) in [5.41, 5.74) is 9.71. The molecule has 3 aromatic rings. The van der Waals surface area contributed by atoms with Crippen molar-refractivity contribution in [2.45, 2.75) is 20.4 Å². The van der Waals surface area contributed by atoms with Gasteiger partial charge in [-0.25, -0.2) is 9.97 Å². The molecule has 0 aliphatic heterocycles. The summed E-state index contributed by atoms with van der Waals surface area (Å²) in [6.07, 6.45) is 0. The molecule has 0 saturated carbocycles. The van der Waals surface area contributed by atoms with Crippen molar-refractivity contribution in [1.29, 1.82) is 0 Å². The van der Waals surface area contributed by atoms with Crippen LogP contribution in [0.25, 0.3) is 11.2 Å². The molecule has 0 bridgehead atoms. The number of rotatable bonds is 2. The first-order valence-electron chi connectivity index (χ1n) is 5.62. The molecule has 2 N–H and O–H groups in total. The first kappa shape index (κ1) is 11.2. The molecule has 0 spiro atoms. The molecule has 0 fully saturated rings. The number of aromatic nitrogens is 5. The Labute approximate surface area is 108 Å². The van der Waals surface area contributed by atoms with Gasteiger partial charge in [0, 0.05) is 18.1 Å². The number of imidazole rings is 1. The zero-order valence-corrected chi connectivity index (χ0v) is 11.3. The van der Waals surface area contributed by atoms with Crippen molar-refractivity contribution in [2.24, 2.45) is 7.05 Å². The fourth-order valence-electron chi connectivity index (χ4n) is 2.12. The molecule has 0 aliphatic rings. The SMILES string of the molecule is Cc1csc(Cn2c(N)nc3c(C)nn(C)c32)n1. The van der Waals surface area contributed by atoms with E-state index in [0.29, 0.717) is 12.5 Å². The first-order chi connectivity index (χ1) is 8.56. The van der Waals surface area contributed by atoms with Crippen LogP contribution in [0.2, 0.25) is 0 Å². The molecule has 6 nitrogen and oxygen atoms in total. The molecule has 3 rings (SSSR count). The van der Waals surface area contributed by atoms with Crippen LogP contribution in [0.15, 0.2) is 5.38 Å². The van der Waals surface area contributed by atoms with Gasteiger partial charge in [-0.2, -0.15) is 5.10 Å². The average Bonchev–Trinajstić information content (AvgIpc) is 2.91. The summed E-state index contributed by atoms with van der Waals surface area (Å²) in [6, 6.07) is 0. The summed E-state index contributed by atoms with van der Waals surface area (Å²) in [4.78, 5) is 8.83. The van der Waals surface area contributed by atoms with Crippen LogP contribution in [0, 0.1) is 13.8 Å². The lowest BCUT2D eigenvalue weighted by Gasteiger charge is -2.04. The number of nitrogens with two attached hydrogens (primary N) is 1. The molecule has 3 aromatic heterocycles. The van der Waals surface area contributed by atoms with Crippen molar-refractivity contribution in [3.8, 4) is 0 Å². The molecule has 0 amide bonds. The quantitative estimate of drug-likeness (QED) is 0.759. The second-order valence-corrected chi connectivity index (χ2v) is 5.26. The van der Waals surface area contributed by atoms with E-state index in [1.807, 2.05) is 35.5 Å².